The van der Waals surface area contributed by atoms with E-state index >= 15 is 0 Å². The number of benzene rings is 1. The minimum atomic E-state index is -0.590. The number of rotatable bonds is 5. The molecule has 0 amide bonds. The highest BCUT2D eigenvalue weighted by Crippen LogP contribution is 2.14. The van der Waals surface area contributed by atoms with Gasteiger partial charge in [0.05, 0.1) is 6.54 Å². The third kappa shape index (κ3) is 4.34. The van der Waals surface area contributed by atoms with Crippen molar-refractivity contribution >= 4 is 5.96 Å². The summed E-state index contributed by atoms with van der Waals surface area (Å²) in [6, 6.07) is 3.66. The first kappa shape index (κ1) is 18.2. The fourth-order valence-electron chi connectivity index (χ4n) is 2.90. The molecular formula is C17H22F2N6O. The van der Waals surface area contributed by atoms with Crippen LogP contribution in [-0.2, 0) is 30.9 Å². The van der Waals surface area contributed by atoms with Gasteiger partial charge in [-0.3, -0.25) is 4.99 Å². The van der Waals surface area contributed by atoms with Gasteiger partial charge in [-0.15, -0.1) is 0 Å². The number of nitrogens with one attached hydrogen (secondary N) is 2. The standard InChI is InChI=1S/C17H22F2N6O/c1-20-17(21-8-11-3-4-12(18)7-14(11)19)22-13-5-6-16-23-15(10-26-2)24-25(16)9-13/h3-4,7,13H,5-6,8-10H2,1-2H3,(H2,20,21,22). The second-order valence-electron chi connectivity index (χ2n) is 6.10. The molecule has 1 atom stereocenters. The lowest BCUT2D eigenvalue weighted by molar-refractivity contribution is 0.177. The Labute approximate surface area is 150 Å². The normalized spacial score (nSPS) is 17.1. The molecular weight excluding hydrogens is 342 g/mol. The molecule has 0 aliphatic carbocycles. The van der Waals surface area contributed by atoms with E-state index in [1.807, 2.05) is 4.68 Å². The van der Waals surface area contributed by atoms with Crippen LogP contribution in [0.25, 0.3) is 0 Å². The van der Waals surface area contributed by atoms with E-state index in [0.29, 0.717) is 30.5 Å². The summed E-state index contributed by atoms with van der Waals surface area (Å²) in [5.41, 5.74) is 0.376. The third-order valence-corrected chi connectivity index (χ3v) is 4.20. The number of aliphatic imine (C=N–C) groups is 1. The molecule has 0 bridgehead atoms. The molecule has 1 aliphatic rings. The molecule has 7 nitrogen and oxygen atoms in total. The van der Waals surface area contributed by atoms with Crippen LogP contribution < -0.4 is 10.6 Å². The van der Waals surface area contributed by atoms with E-state index in [2.05, 4.69) is 25.7 Å². The SMILES string of the molecule is CN=C(NCc1ccc(F)cc1F)NC1CCc2nc(COC)nn2C1. The van der Waals surface area contributed by atoms with Crippen molar-refractivity contribution in [3.63, 3.8) is 0 Å². The van der Waals surface area contributed by atoms with Crippen molar-refractivity contribution in [2.75, 3.05) is 14.2 Å². The van der Waals surface area contributed by atoms with Crippen LogP contribution in [0.5, 0.6) is 0 Å². The second kappa shape index (κ2) is 8.22. The average Bonchev–Trinajstić information content (AvgIpc) is 3.01. The number of ether oxygens (including phenoxy) is 1. The van der Waals surface area contributed by atoms with Gasteiger partial charge in [0.1, 0.15) is 24.1 Å². The largest absolute Gasteiger partial charge is 0.377 e. The number of aryl methyl sites for hydroxylation is 1. The molecule has 1 unspecified atom stereocenters. The van der Waals surface area contributed by atoms with Crippen LogP contribution in [0.2, 0.25) is 0 Å². The van der Waals surface area contributed by atoms with Gasteiger partial charge in [-0.05, 0) is 12.5 Å². The molecule has 1 aliphatic heterocycles. The predicted molar refractivity (Wildman–Crippen MR) is 92.5 cm³/mol. The summed E-state index contributed by atoms with van der Waals surface area (Å²) < 4.78 is 33.6. The zero-order valence-corrected chi connectivity index (χ0v) is 14.8. The van der Waals surface area contributed by atoms with Crippen molar-refractivity contribution in [1.82, 2.24) is 25.4 Å². The van der Waals surface area contributed by atoms with Crippen molar-refractivity contribution in [3.05, 3.63) is 47.0 Å². The maximum atomic E-state index is 13.7. The number of hydrogen-bond acceptors (Lipinski definition) is 4. The Kier molecular flexibility index (Phi) is 5.77. The van der Waals surface area contributed by atoms with E-state index in [1.165, 1.54) is 12.1 Å². The van der Waals surface area contributed by atoms with E-state index in [9.17, 15) is 8.78 Å². The lowest BCUT2D eigenvalue weighted by Crippen LogP contribution is -2.46. The van der Waals surface area contributed by atoms with Crippen molar-refractivity contribution in [1.29, 1.82) is 0 Å². The van der Waals surface area contributed by atoms with Crippen LogP contribution in [0.15, 0.2) is 23.2 Å². The van der Waals surface area contributed by atoms with Crippen LogP contribution in [0.4, 0.5) is 8.78 Å². The Morgan fingerprint density at radius 1 is 1.42 bits per heavy atom. The van der Waals surface area contributed by atoms with Gasteiger partial charge in [-0.25, -0.2) is 18.4 Å². The van der Waals surface area contributed by atoms with Gasteiger partial charge in [-0.2, -0.15) is 5.10 Å². The van der Waals surface area contributed by atoms with E-state index in [1.54, 1.807) is 14.2 Å². The van der Waals surface area contributed by atoms with Gasteiger partial charge in [0.15, 0.2) is 11.8 Å². The molecule has 0 radical (unpaired) electrons. The highest BCUT2D eigenvalue weighted by atomic mass is 19.1. The van der Waals surface area contributed by atoms with Crippen LogP contribution in [0, 0.1) is 11.6 Å². The lowest BCUT2D eigenvalue weighted by Gasteiger charge is -2.25. The maximum Gasteiger partial charge on any atom is 0.191 e. The number of halogens is 2. The number of hydrogen-bond donors (Lipinski definition) is 2. The molecule has 0 saturated heterocycles. The summed E-state index contributed by atoms with van der Waals surface area (Å²) in [5, 5.41) is 10.8. The van der Waals surface area contributed by atoms with Crippen LogP contribution in [0.1, 0.15) is 23.6 Å². The molecule has 0 saturated carbocycles. The van der Waals surface area contributed by atoms with Gasteiger partial charge in [0.25, 0.3) is 0 Å². The Morgan fingerprint density at radius 3 is 3.00 bits per heavy atom. The Balaban J connectivity index is 1.56. The molecule has 1 aromatic heterocycles. The van der Waals surface area contributed by atoms with Gasteiger partial charge in [0, 0.05) is 44.8 Å². The van der Waals surface area contributed by atoms with E-state index < -0.39 is 11.6 Å². The summed E-state index contributed by atoms with van der Waals surface area (Å²) in [7, 11) is 3.26. The van der Waals surface area contributed by atoms with Crippen molar-refractivity contribution in [2.45, 2.75) is 38.6 Å². The van der Waals surface area contributed by atoms with Gasteiger partial charge in [0.2, 0.25) is 0 Å². The number of guanidine groups is 1. The first-order valence-corrected chi connectivity index (χ1v) is 8.41. The molecule has 2 aromatic rings. The second-order valence-corrected chi connectivity index (χ2v) is 6.10. The van der Waals surface area contributed by atoms with Crippen molar-refractivity contribution in [3.8, 4) is 0 Å². The van der Waals surface area contributed by atoms with Crippen LogP contribution in [-0.4, -0.2) is 40.9 Å². The Bertz CT molecular complexity index is 792. The van der Waals surface area contributed by atoms with Crippen molar-refractivity contribution in [2.24, 2.45) is 4.99 Å². The zero-order valence-electron chi connectivity index (χ0n) is 14.8. The van der Waals surface area contributed by atoms with E-state index in [-0.39, 0.29) is 12.6 Å². The smallest absolute Gasteiger partial charge is 0.191 e. The lowest BCUT2D eigenvalue weighted by atomic mass is 10.1. The maximum absolute atomic E-state index is 13.7. The highest BCUT2D eigenvalue weighted by Gasteiger charge is 2.22. The monoisotopic (exact) mass is 364 g/mol. The number of fused-ring (bicyclic) bond motifs is 1. The zero-order chi connectivity index (χ0) is 18.5. The van der Waals surface area contributed by atoms with Gasteiger partial charge < -0.3 is 15.4 Å². The van der Waals surface area contributed by atoms with E-state index in [0.717, 1.165) is 24.7 Å². The molecule has 0 spiro atoms. The van der Waals surface area contributed by atoms with Crippen LogP contribution in [0.3, 0.4) is 0 Å². The first-order chi connectivity index (χ1) is 12.6. The topological polar surface area (TPSA) is 76.4 Å². The molecule has 9 heteroatoms. The predicted octanol–water partition coefficient (Wildman–Crippen LogP) is 1.38. The molecule has 140 valence electrons. The molecule has 0 fully saturated rings. The molecule has 2 heterocycles. The summed E-state index contributed by atoms with van der Waals surface area (Å²) >= 11 is 0. The van der Waals surface area contributed by atoms with Gasteiger partial charge >= 0.3 is 0 Å². The summed E-state index contributed by atoms with van der Waals surface area (Å²) in [5.74, 6) is 1.01. The quantitative estimate of drug-likeness (QED) is 0.619. The number of aromatic nitrogens is 3. The van der Waals surface area contributed by atoms with Crippen molar-refractivity contribution < 1.29 is 13.5 Å². The molecule has 3 rings (SSSR count). The summed E-state index contributed by atoms with van der Waals surface area (Å²) in [6.07, 6.45) is 1.69. The Morgan fingerprint density at radius 2 is 2.27 bits per heavy atom. The fraction of sp³-hybridized carbons (Fsp3) is 0.471. The molecule has 1 aromatic carbocycles. The number of nitrogens with zero attached hydrogens (tertiary/aromatic N) is 4. The summed E-state index contributed by atoms with van der Waals surface area (Å²) in [4.78, 5) is 8.62. The minimum absolute atomic E-state index is 0.129. The summed E-state index contributed by atoms with van der Waals surface area (Å²) in [6.45, 7) is 1.27. The van der Waals surface area contributed by atoms with Crippen LogP contribution >= 0.6 is 0 Å². The average molecular weight is 364 g/mol. The Hall–Kier alpha value is -2.55. The molecule has 26 heavy (non-hydrogen) atoms. The highest BCUT2D eigenvalue weighted by molar-refractivity contribution is 5.79. The van der Waals surface area contributed by atoms with E-state index in [4.69, 9.17) is 4.74 Å². The first-order valence-electron chi connectivity index (χ1n) is 8.41. The minimum Gasteiger partial charge on any atom is -0.377 e. The third-order valence-electron chi connectivity index (χ3n) is 4.20. The van der Waals surface area contributed by atoms with Gasteiger partial charge in [-0.1, -0.05) is 6.07 Å². The number of methoxy groups -OCH3 is 1. The molecule has 2 N–H and O–H groups in total. The fourth-order valence-corrected chi connectivity index (χ4v) is 2.90.